The maximum Gasteiger partial charge on any atom is 0.240 e. The summed E-state index contributed by atoms with van der Waals surface area (Å²) < 4.78 is 14.8. The normalized spacial score (nSPS) is 15.6. The van der Waals surface area contributed by atoms with E-state index in [1.54, 1.807) is 25.1 Å². The van der Waals surface area contributed by atoms with Gasteiger partial charge in [0, 0.05) is 23.7 Å². The summed E-state index contributed by atoms with van der Waals surface area (Å²) in [6.45, 7) is 0. The Morgan fingerprint density at radius 3 is 2.71 bits per heavy atom. The standard InChI is InChI=1S/C14H13FIN3O2/c1-18(2)8-17-13-6-10(20)7-14(21)19(13)12-4-3-9(16)5-11(12)15/h3-6,8H,7H2,1-2H3. The van der Waals surface area contributed by atoms with E-state index in [4.69, 9.17) is 0 Å². The molecule has 1 aliphatic rings. The number of allylic oxidation sites excluding steroid dienone is 1. The molecule has 0 bridgehead atoms. The minimum atomic E-state index is -0.532. The summed E-state index contributed by atoms with van der Waals surface area (Å²) in [6, 6.07) is 4.52. The third-order valence-corrected chi connectivity index (χ3v) is 3.34. The van der Waals surface area contributed by atoms with Gasteiger partial charge in [0.05, 0.1) is 18.4 Å². The van der Waals surface area contributed by atoms with E-state index in [9.17, 15) is 14.0 Å². The second-order valence-electron chi connectivity index (χ2n) is 4.68. The average Bonchev–Trinajstić information content (AvgIpc) is 2.37. The Balaban J connectivity index is 2.48. The van der Waals surface area contributed by atoms with Crippen molar-refractivity contribution < 1.29 is 14.0 Å². The number of nitrogens with zero attached hydrogens (tertiary/aromatic N) is 3. The molecule has 1 amide bonds. The smallest absolute Gasteiger partial charge is 0.240 e. The van der Waals surface area contributed by atoms with Crippen molar-refractivity contribution >= 4 is 46.3 Å². The highest BCUT2D eigenvalue weighted by atomic mass is 127. The molecule has 21 heavy (non-hydrogen) atoms. The number of hydrogen-bond donors (Lipinski definition) is 0. The van der Waals surface area contributed by atoms with Crippen molar-refractivity contribution in [2.45, 2.75) is 6.42 Å². The van der Waals surface area contributed by atoms with E-state index in [0.717, 1.165) is 8.47 Å². The van der Waals surface area contributed by atoms with Crippen LogP contribution in [0.4, 0.5) is 10.1 Å². The molecule has 2 rings (SSSR count). The number of anilines is 1. The highest BCUT2D eigenvalue weighted by Crippen LogP contribution is 2.28. The lowest BCUT2D eigenvalue weighted by Gasteiger charge is -2.26. The van der Waals surface area contributed by atoms with Gasteiger partial charge >= 0.3 is 0 Å². The maximum absolute atomic E-state index is 14.1. The van der Waals surface area contributed by atoms with Crippen LogP contribution >= 0.6 is 22.6 Å². The Hall–Kier alpha value is -1.77. The molecule has 0 unspecified atom stereocenters. The lowest BCUT2D eigenvalue weighted by Crippen LogP contribution is -2.36. The van der Waals surface area contributed by atoms with Crippen molar-refractivity contribution in [3.8, 4) is 0 Å². The van der Waals surface area contributed by atoms with Gasteiger partial charge in [0.25, 0.3) is 0 Å². The molecule has 0 fully saturated rings. The van der Waals surface area contributed by atoms with E-state index in [-0.39, 0.29) is 23.7 Å². The predicted molar refractivity (Wildman–Crippen MR) is 86.5 cm³/mol. The zero-order valence-electron chi connectivity index (χ0n) is 11.5. The first-order valence-corrected chi connectivity index (χ1v) is 7.19. The van der Waals surface area contributed by atoms with E-state index >= 15 is 0 Å². The molecule has 5 nitrogen and oxygen atoms in total. The number of rotatable bonds is 3. The fraction of sp³-hybridized carbons (Fsp3) is 0.214. The molecule has 0 saturated carbocycles. The zero-order valence-corrected chi connectivity index (χ0v) is 13.7. The summed E-state index contributed by atoms with van der Waals surface area (Å²) >= 11 is 1.98. The maximum atomic E-state index is 14.1. The molecule has 1 heterocycles. The first kappa shape index (κ1) is 15.6. The van der Waals surface area contributed by atoms with Gasteiger partial charge in [-0.05, 0) is 40.8 Å². The topological polar surface area (TPSA) is 53.0 Å². The van der Waals surface area contributed by atoms with E-state index in [2.05, 4.69) is 4.99 Å². The van der Waals surface area contributed by atoms with Crippen LogP contribution in [-0.4, -0.2) is 37.0 Å². The summed E-state index contributed by atoms with van der Waals surface area (Å²) in [4.78, 5) is 30.5. The van der Waals surface area contributed by atoms with Gasteiger partial charge < -0.3 is 4.90 Å². The van der Waals surface area contributed by atoms with E-state index < -0.39 is 11.7 Å². The van der Waals surface area contributed by atoms with Crippen LogP contribution in [-0.2, 0) is 9.59 Å². The SMILES string of the molecule is CN(C)C=NC1=CC(=O)CC(=O)N1c1ccc(I)cc1F. The third-order valence-electron chi connectivity index (χ3n) is 2.67. The second-order valence-corrected chi connectivity index (χ2v) is 5.92. The molecule has 110 valence electrons. The fourth-order valence-electron chi connectivity index (χ4n) is 1.81. The quantitative estimate of drug-likeness (QED) is 0.338. The van der Waals surface area contributed by atoms with Crippen LogP contribution < -0.4 is 4.90 Å². The Morgan fingerprint density at radius 1 is 1.38 bits per heavy atom. The highest BCUT2D eigenvalue weighted by Gasteiger charge is 2.29. The summed E-state index contributed by atoms with van der Waals surface area (Å²) in [5.74, 6) is -1.25. The number of halogens is 2. The summed E-state index contributed by atoms with van der Waals surface area (Å²) in [6.07, 6.45) is 2.42. The molecule has 0 atom stereocenters. The fourth-order valence-corrected chi connectivity index (χ4v) is 2.26. The summed E-state index contributed by atoms with van der Waals surface area (Å²) in [5, 5.41) is 0. The van der Waals surface area contributed by atoms with E-state index in [1.165, 1.54) is 24.5 Å². The number of ketones is 1. The first-order valence-electron chi connectivity index (χ1n) is 6.11. The molecule has 1 aromatic rings. The second kappa shape index (κ2) is 6.33. The number of carbonyl (C=O) groups is 2. The van der Waals surface area contributed by atoms with Gasteiger partial charge in [-0.3, -0.25) is 14.5 Å². The minimum Gasteiger partial charge on any atom is -0.369 e. The Morgan fingerprint density at radius 2 is 2.10 bits per heavy atom. The predicted octanol–water partition coefficient (Wildman–Crippen LogP) is 2.17. The van der Waals surface area contributed by atoms with E-state index in [1.807, 2.05) is 22.6 Å². The first-order chi connectivity index (χ1) is 9.88. The molecule has 1 aromatic carbocycles. The molecule has 0 spiro atoms. The molecule has 7 heteroatoms. The molecule has 1 aliphatic heterocycles. The Labute approximate surface area is 135 Å². The van der Waals surface area contributed by atoms with Crippen LogP contribution in [0, 0.1) is 9.39 Å². The lowest BCUT2D eigenvalue weighted by atomic mass is 10.1. The van der Waals surface area contributed by atoms with Crippen LogP contribution in [0.2, 0.25) is 0 Å². The monoisotopic (exact) mass is 401 g/mol. The van der Waals surface area contributed by atoms with Crippen molar-refractivity contribution in [1.29, 1.82) is 0 Å². The van der Waals surface area contributed by atoms with Crippen LogP contribution in [0.5, 0.6) is 0 Å². The third kappa shape index (κ3) is 3.66. The minimum absolute atomic E-state index is 0.0927. The van der Waals surface area contributed by atoms with E-state index in [0.29, 0.717) is 0 Å². The van der Waals surface area contributed by atoms with Crippen molar-refractivity contribution in [3.05, 3.63) is 39.5 Å². The zero-order chi connectivity index (χ0) is 15.6. The largest absolute Gasteiger partial charge is 0.369 e. The summed E-state index contributed by atoms with van der Waals surface area (Å²) in [5.41, 5.74) is 0.0927. The molecular weight excluding hydrogens is 388 g/mol. The number of amides is 1. The van der Waals surface area contributed by atoms with Crippen LogP contribution in [0.3, 0.4) is 0 Å². The van der Waals surface area contributed by atoms with Crippen LogP contribution in [0.15, 0.2) is 35.1 Å². The van der Waals surface area contributed by atoms with Gasteiger partial charge in [-0.15, -0.1) is 0 Å². The van der Waals surface area contributed by atoms with Crippen LogP contribution in [0.1, 0.15) is 6.42 Å². The molecule has 0 aliphatic carbocycles. The number of hydrogen-bond acceptors (Lipinski definition) is 3. The van der Waals surface area contributed by atoms with Gasteiger partial charge in [-0.1, -0.05) is 0 Å². The van der Waals surface area contributed by atoms with Gasteiger partial charge in [0.2, 0.25) is 5.91 Å². The highest BCUT2D eigenvalue weighted by molar-refractivity contribution is 14.1. The van der Waals surface area contributed by atoms with Crippen molar-refractivity contribution in [2.24, 2.45) is 4.99 Å². The Kier molecular flexibility index (Phi) is 4.71. The number of benzene rings is 1. The van der Waals surface area contributed by atoms with Crippen LogP contribution in [0.25, 0.3) is 0 Å². The number of aliphatic imine (C=N–C) groups is 1. The summed E-state index contributed by atoms with van der Waals surface area (Å²) in [7, 11) is 3.51. The van der Waals surface area contributed by atoms with Gasteiger partial charge in [-0.2, -0.15) is 0 Å². The molecule has 0 aromatic heterocycles. The van der Waals surface area contributed by atoms with Crippen molar-refractivity contribution in [3.63, 3.8) is 0 Å². The number of carbonyl (C=O) groups excluding carboxylic acids is 2. The van der Waals surface area contributed by atoms with Crippen molar-refractivity contribution in [2.75, 3.05) is 19.0 Å². The van der Waals surface area contributed by atoms with Crippen molar-refractivity contribution in [1.82, 2.24) is 4.90 Å². The van der Waals surface area contributed by atoms with Gasteiger partial charge in [-0.25, -0.2) is 9.38 Å². The molecule has 0 radical (unpaired) electrons. The molecular formula is C14H13FIN3O2. The lowest BCUT2D eigenvalue weighted by molar-refractivity contribution is -0.124. The average molecular weight is 401 g/mol. The Bertz CT molecular complexity index is 656. The molecule has 0 saturated heterocycles. The molecule has 0 N–H and O–H groups in total. The van der Waals surface area contributed by atoms with Gasteiger partial charge in [0.1, 0.15) is 11.6 Å². The van der Waals surface area contributed by atoms with Gasteiger partial charge in [0.15, 0.2) is 5.78 Å².